The third-order valence-electron chi connectivity index (χ3n) is 4.74. The van der Waals surface area contributed by atoms with Gasteiger partial charge in [0.05, 0.1) is 20.0 Å². The van der Waals surface area contributed by atoms with Crippen LogP contribution in [0.2, 0.25) is 0 Å². The Morgan fingerprint density at radius 1 is 1.13 bits per heavy atom. The van der Waals surface area contributed by atoms with Gasteiger partial charge in [-0.2, -0.15) is 0 Å². The molecule has 2 N–H and O–H groups in total. The summed E-state index contributed by atoms with van der Waals surface area (Å²) in [7, 11) is 0. The summed E-state index contributed by atoms with van der Waals surface area (Å²) in [5.41, 5.74) is 4.37. The standard InChI is InChI=1S/C23H17Br2FN2O3/c1-12-2-4-14(5-3-12)22-27-19-7-6-15(11-20(19)28-22)31-21-16(24)8-13(9-17(21)25)10-18(26)23(29)30/h2-9,11,18H,10H2,1H3,(H,27,28)(H,29,30). The fraction of sp³-hybridized carbons (Fsp3) is 0.130. The fourth-order valence-electron chi connectivity index (χ4n) is 3.14. The van der Waals surface area contributed by atoms with E-state index in [1.165, 1.54) is 5.56 Å². The van der Waals surface area contributed by atoms with Gasteiger partial charge < -0.3 is 14.8 Å². The van der Waals surface area contributed by atoms with E-state index in [9.17, 15) is 9.18 Å². The van der Waals surface area contributed by atoms with Crippen molar-refractivity contribution < 1.29 is 19.0 Å². The number of nitrogens with zero attached hydrogens (tertiary/aromatic N) is 1. The molecule has 1 atom stereocenters. The van der Waals surface area contributed by atoms with Crippen LogP contribution in [0.25, 0.3) is 22.4 Å². The van der Waals surface area contributed by atoms with Crippen LogP contribution in [0.1, 0.15) is 11.1 Å². The van der Waals surface area contributed by atoms with Crippen molar-refractivity contribution in [2.75, 3.05) is 0 Å². The molecule has 31 heavy (non-hydrogen) atoms. The van der Waals surface area contributed by atoms with Crippen molar-refractivity contribution in [3.8, 4) is 22.9 Å². The van der Waals surface area contributed by atoms with Crippen molar-refractivity contribution in [1.82, 2.24) is 9.97 Å². The van der Waals surface area contributed by atoms with Crippen molar-refractivity contribution in [3.63, 3.8) is 0 Å². The van der Waals surface area contributed by atoms with Crippen LogP contribution in [0.15, 0.2) is 63.5 Å². The Bertz CT molecular complexity index is 1250. The number of halogens is 3. The second kappa shape index (κ2) is 8.80. The summed E-state index contributed by atoms with van der Waals surface area (Å²) in [6.07, 6.45) is -2.19. The van der Waals surface area contributed by atoms with Gasteiger partial charge in [-0.3, -0.25) is 0 Å². The van der Waals surface area contributed by atoms with E-state index in [0.29, 0.717) is 26.0 Å². The molecule has 1 unspecified atom stereocenters. The number of carboxylic acid groups (broad SMARTS) is 1. The largest absolute Gasteiger partial charge is 0.479 e. The van der Waals surface area contributed by atoms with Crippen molar-refractivity contribution in [2.45, 2.75) is 19.5 Å². The molecule has 0 saturated heterocycles. The van der Waals surface area contributed by atoms with E-state index < -0.39 is 12.1 Å². The number of alkyl halides is 1. The van der Waals surface area contributed by atoms with Gasteiger partial charge in [0.25, 0.3) is 0 Å². The molecule has 158 valence electrons. The average Bonchev–Trinajstić information content (AvgIpc) is 3.14. The Labute approximate surface area is 194 Å². The van der Waals surface area contributed by atoms with Gasteiger partial charge in [-0.05, 0) is 68.6 Å². The molecule has 0 aliphatic rings. The Hall–Kier alpha value is -2.71. The maximum Gasteiger partial charge on any atom is 0.338 e. The molecular weight excluding hydrogens is 531 g/mol. The summed E-state index contributed by atoms with van der Waals surface area (Å²) < 4.78 is 20.7. The van der Waals surface area contributed by atoms with E-state index in [2.05, 4.69) is 41.8 Å². The lowest BCUT2D eigenvalue weighted by atomic mass is 10.1. The van der Waals surface area contributed by atoms with Gasteiger partial charge in [0.2, 0.25) is 6.17 Å². The molecule has 0 aliphatic carbocycles. The quantitative estimate of drug-likeness (QED) is 0.278. The lowest BCUT2D eigenvalue weighted by Gasteiger charge is -2.12. The number of rotatable bonds is 6. The number of aliphatic carboxylic acids is 1. The highest BCUT2D eigenvalue weighted by Crippen LogP contribution is 2.39. The summed E-state index contributed by atoms with van der Waals surface area (Å²) in [6, 6.07) is 17.0. The smallest absolute Gasteiger partial charge is 0.338 e. The van der Waals surface area contributed by atoms with Crippen LogP contribution >= 0.6 is 31.9 Å². The first-order valence-electron chi connectivity index (χ1n) is 9.39. The predicted octanol–water partition coefficient (Wildman–Crippen LogP) is 6.82. The van der Waals surface area contributed by atoms with E-state index in [0.717, 1.165) is 22.4 Å². The van der Waals surface area contributed by atoms with Crippen LogP contribution < -0.4 is 4.74 Å². The number of carboxylic acids is 1. The minimum Gasteiger partial charge on any atom is -0.479 e. The maximum absolute atomic E-state index is 13.5. The molecule has 4 aromatic rings. The first-order valence-corrected chi connectivity index (χ1v) is 11.0. The highest BCUT2D eigenvalue weighted by molar-refractivity contribution is 9.11. The van der Waals surface area contributed by atoms with Gasteiger partial charge >= 0.3 is 5.97 Å². The van der Waals surface area contributed by atoms with Gasteiger partial charge in [-0.15, -0.1) is 0 Å². The summed E-state index contributed by atoms with van der Waals surface area (Å²) >= 11 is 6.86. The third kappa shape index (κ3) is 4.80. The molecule has 1 heterocycles. The summed E-state index contributed by atoms with van der Waals surface area (Å²) in [5.74, 6) is 0.394. The van der Waals surface area contributed by atoms with E-state index in [1.54, 1.807) is 12.1 Å². The van der Waals surface area contributed by atoms with Crippen molar-refractivity contribution >= 4 is 48.9 Å². The molecule has 3 aromatic carbocycles. The van der Waals surface area contributed by atoms with E-state index >= 15 is 0 Å². The highest BCUT2D eigenvalue weighted by Gasteiger charge is 2.19. The molecule has 0 bridgehead atoms. The molecular formula is C23H17Br2FN2O3. The molecule has 0 fully saturated rings. The molecule has 4 rings (SSSR count). The van der Waals surface area contributed by atoms with Crippen LogP contribution in [0.5, 0.6) is 11.5 Å². The van der Waals surface area contributed by atoms with Crippen LogP contribution in [-0.2, 0) is 11.2 Å². The second-order valence-electron chi connectivity index (χ2n) is 7.13. The number of ether oxygens (including phenoxy) is 1. The Balaban J connectivity index is 1.59. The minimum atomic E-state index is -1.96. The SMILES string of the molecule is Cc1ccc(-c2nc3ccc(Oc4c(Br)cc(CC(F)C(=O)O)cc4Br)cc3[nH]2)cc1. The number of hydrogen-bond donors (Lipinski definition) is 2. The van der Waals surface area contributed by atoms with Crippen LogP contribution in [-0.4, -0.2) is 27.2 Å². The molecule has 5 nitrogen and oxygen atoms in total. The number of aromatic amines is 1. The van der Waals surface area contributed by atoms with Gasteiger partial charge in [0.15, 0.2) is 5.75 Å². The number of carbonyl (C=O) groups is 1. The van der Waals surface area contributed by atoms with Gasteiger partial charge in [-0.25, -0.2) is 14.2 Å². The zero-order valence-corrected chi connectivity index (χ0v) is 19.5. The van der Waals surface area contributed by atoms with Crippen LogP contribution in [0.4, 0.5) is 4.39 Å². The monoisotopic (exact) mass is 546 g/mol. The number of benzene rings is 3. The van der Waals surface area contributed by atoms with E-state index in [4.69, 9.17) is 9.84 Å². The van der Waals surface area contributed by atoms with Crippen molar-refractivity contribution in [3.05, 3.63) is 74.7 Å². The third-order valence-corrected chi connectivity index (χ3v) is 5.92. The van der Waals surface area contributed by atoms with E-state index in [1.807, 2.05) is 49.4 Å². The normalized spacial score (nSPS) is 12.1. The summed E-state index contributed by atoms with van der Waals surface area (Å²) in [6.45, 7) is 2.04. The Morgan fingerprint density at radius 2 is 1.81 bits per heavy atom. The molecule has 0 radical (unpaired) electrons. The molecule has 8 heteroatoms. The number of aromatic nitrogens is 2. The number of fused-ring (bicyclic) bond motifs is 1. The highest BCUT2D eigenvalue weighted by atomic mass is 79.9. The van der Waals surface area contributed by atoms with Gasteiger partial charge in [-0.1, -0.05) is 29.8 Å². The van der Waals surface area contributed by atoms with Crippen molar-refractivity contribution in [2.24, 2.45) is 0 Å². The lowest BCUT2D eigenvalue weighted by molar-refractivity contribution is -0.142. The zero-order chi connectivity index (χ0) is 22.1. The lowest BCUT2D eigenvalue weighted by Crippen LogP contribution is -2.17. The molecule has 0 saturated carbocycles. The van der Waals surface area contributed by atoms with E-state index in [-0.39, 0.29) is 6.42 Å². The molecule has 0 aliphatic heterocycles. The Morgan fingerprint density at radius 3 is 2.45 bits per heavy atom. The number of H-pyrrole nitrogens is 1. The van der Waals surface area contributed by atoms with Gasteiger partial charge in [0.1, 0.15) is 11.6 Å². The number of imidazole rings is 1. The molecule has 0 amide bonds. The topological polar surface area (TPSA) is 75.2 Å². The summed E-state index contributed by atoms with van der Waals surface area (Å²) in [4.78, 5) is 18.7. The summed E-state index contributed by atoms with van der Waals surface area (Å²) in [5, 5.41) is 8.77. The molecule has 1 aromatic heterocycles. The zero-order valence-electron chi connectivity index (χ0n) is 16.3. The number of aryl methyl sites for hydroxylation is 1. The fourth-order valence-corrected chi connectivity index (χ4v) is 4.58. The number of nitrogens with one attached hydrogen (secondary N) is 1. The van der Waals surface area contributed by atoms with Crippen molar-refractivity contribution in [1.29, 1.82) is 0 Å². The predicted molar refractivity (Wildman–Crippen MR) is 124 cm³/mol. The average molecular weight is 548 g/mol. The Kier molecular flexibility index (Phi) is 6.11. The first-order chi connectivity index (χ1) is 14.8. The number of hydrogen-bond acceptors (Lipinski definition) is 3. The second-order valence-corrected chi connectivity index (χ2v) is 8.84. The maximum atomic E-state index is 13.5. The minimum absolute atomic E-state index is 0.227. The van der Waals surface area contributed by atoms with Gasteiger partial charge in [0, 0.05) is 18.1 Å². The van der Waals surface area contributed by atoms with Crippen LogP contribution in [0, 0.1) is 6.92 Å². The van der Waals surface area contributed by atoms with Crippen LogP contribution in [0.3, 0.4) is 0 Å². The molecule has 0 spiro atoms. The first kappa shape index (κ1) is 21.5.